The molecule has 0 fully saturated rings. The number of aryl methyl sites for hydroxylation is 2. The maximum atomic E-state index is 11.0. The van der Waals surface area contributed by atoms with Gasteiger partial charge in [0, 0.05) is 6.07 Å². The summed E-state index contributed by atoms with van der Waals surface area (Å²) in [5.41, 5.74) is 2.40. The Morgan fingerprint density at radius 3 is 2.50 bits per heavy atom. The molecular formula is C15H15NO4. The zero-order chi connectivity index (χ0) is 14.7. The molecule has 0 aliphatic carbocycles. The molecule has 5 nitrogen and oxygen atoms in total. The topological polar surface area (TPSA) is 72.6 Å². The van der Waals surface area contributed by atoms with Crippen molar-refractivity contribution in [3.05, 3.63) is 63.2 Å². The second kappa shape index (κ2) is 5.71. The number of rotatable bonds is 4. The minimum Gasteiger partial charge on any atom is -0.450 e. The SMILES string of the molecule is Cc1ccc([N+](=O)[O-])c(Oc2ccc(CO)cc2C)c1. The summed E-state index contributed by atoms with van der Waals surface area (Å²) < 4.78 is 5.66. The molecule has 2 rings (SSSR count). The Labute approximate surface area is 116 Å². The summed E-state index contributed by atoms with van der Waals surface area (Å²) in [6.45, 7) is 3.63. The van der Waals surface area contributed by atoms with Crippen LogP contribution >= 0.6 is 0 Å². The molecule has 0 aromatic heterocycles. The fourth-order valence-electron chi connectivity index (χ4n) is 1.90. The Hall–Kier alpha value is -2.40. The number of nitro groups is 1. The van der Waals surface area contributed by atoms with Gasteiger partial charge >= 0.3 is 5.69 Å². The van der Waals surface area contributed by atoms with Crippen molar-refractivity contribution in [3.8, 4) is 11.5 Å². The van der Waals surface area contributed by atoms with Crippen LogP contribution in [0.3, 0.4) is 0 Å². The van der Waals surface area contributed by atoms with Gasteiger partial charge in [0.05, 0.1) is 11.5 Å². The Balaban J connectivity index is 2.39. The van der Waals surface area contributed by atoms with Gasteiger partial charge in [-0.2, -0.15) is 0 Å². The first-order valence-corrected chi connectivity index (χ1v) is 6.14. The number of aliphatic hydroxyl groups is 1. The van der Waals surface area contributed by atoms with Gasteiger partial charge in [0.1, 0.15) is 5.75 Å². The molecule has 0 saturated carbocycles. The van der Waals surface area contributed by atoms with Gasteiger partial charge in [0.2, 0.25) is 5.75 Å². The van der Waals surface area contributed by atoms with E-state index < -0.39 is 4.92 Å². The molecule has 2 aromatic carbocycles. The highest BCUT2D eigenvalue weighted by Gasteiger charge is 2.16. The van der Waals surface area contributed by atoms with E-state index in [1.54, 1.807) is 30.3 Å². The van der Waals surface area contributed by atoms with Gasteiger partial charge in [-0.05, 0) is 42.7 Å². The molecule has 0 saturated heterocycles. The number of hydrogen-bond acceptors (Lipinski definition) is 4. The number of benzene rings is 2. The van der Waals surface area contributed by atoms with Crippen molar-refractivity contribution in [3.63, 3.8) is 0 Å². The number of nitrogens with zero attached hydrogens (tertiary/aromatic N) is 1. The first kappa shape index (κ1) is 14.0. The van der Waals surface area contributed by atoms with E-state index in [4.69, 9.17) is 9.84 Å². The van der Waals surface area contributed by atoms with Gasteiger partial charge in [-0.25, -0.2) is 0 Å². The molecule has 1 N–H and O–H groups in total. The Morgan fingerprint density at radius 2 is 1.90 bits per heavy atom. The van der Waals surface area contributed by atoms with Crippen molar-refractivity contribution in [2.24, 2.45) is 0 Å². The van der Waals surface area contributed by atoms with Crippen molar-refractivity contribution in [2.45, 2.75) is 20.5 Å². The van der Waals surface area contributed by atoms with Crippen LogP contribution in [-0.2, 0) is 6.61 Å². The van der Waals surface area contributed by atoms with Gasteiger partial charge in [0.15, 0.2) is 0 Å². The van der Waals surface area contributed by atoms with Crippen LogP contribution in [0.15, 0.2) is 36.4 Å². The summed E-state index contributed by atoms with van der Waals surface area (Å²) in [5.74, 6) is 0.755. The molecule has 2 aromatic rings. The summed E-state index contributed by atoms with van der Waals surface area (Å²) in [4.78, 5) is 10.5. The van der Waals surface area contributed by atoms with Gasteiger partial charge in [0.25, 0.3) is 0 Å². The van der Waals surface area contributed by atoms with E-state index in [-0.39, 0.29) is 18.0 Å². The molecule has 0 atom stereocenters. The first-order valence-electron chi connectivity index (χ1n) is 6.14. The first-order chi connectivity index (χ1) is 9.51. The molecule has 0 amide bonds. The number of aliphatic hydroxyl groups excluding tert-OH is 1. The second-order valence-electron chi connectivity index (χ2n) is 4.59. The van der Waals surface area contributed by atoms with Crippen LogP contribution in [0, 0.1) is 24.0 Å². The average Bonchev–Trinajstić information content (AvgIpc) is 2.40. The normalized spacial score (nSPS) is 10.3. The van der Waals surface area contributed by atoms with E-state index in [9.17, 15) is 10.1 Å². The molecule has 0 aliphatic rings. The predicted molar refractivity (Wildman–Crippen MR) is 75.0 cm³/mol. The number of nitro benzene ring substituents is 1. The molecular weight excluding hydrogens is 258 g/mol. The van der Waals surface area contributed by atoms with Crippen molar-refractivity contribution < 1.29 is 14.8 Å². The lowest BCUT2D eigenvalue weighted by Crippen LogP contribution is -1.96. The molecule has 0 heterocycles. The predicted octanol–water partition coefficient (Wildman–Crippen LogP) is 3.50. The summed E-state index contributed by atoms with van der Waals surface area (Å²) in [6.07, 6.45) is 0. The van der Waals surface area contributed by atoms with Crippen LogP contribution < -0.4 is 4.74 Å². The summed E-state index contributed by atoms with van der Waals surface area (Å²) in [6, 6.07) is 9.96. The molecule has 0 aliphatic heterocycles. The fraction of sp³-hybridized carbons (Fsp3) is 0.200. The molecule has 104 valence electrons. The Morgan fingerprint density at radius 1 is 1.15 bits per heavy atom. The van der Waals surface area contributed by atoms with Crippen LogP contribution in [0.2, 0.25) is 0 Å². The van der Waals surface area contributed by atoms with Crippen molar-refractivity contribution in [1.29, 1.82) is 0 Å². The molecule has 0 bridgehead atoms. The maximum absolute atomic E-state index is 11.0. The van der Waals surface area contributed by atoms with Crippen LogP contribution in [0.4, 0.5) is 5.69 Å². The number of hydrogen-bond donors (Lipinski definition) is 1. The zero-order valence-electron chi connectivity index (χ0n) is 11.3. The van der Waals surface area contributed by atoms with Crippen LogP contribution in [0.25, 0.3) is 0 Å². The lowest BCUT2D eigenvalue weighted by molar-refractivity contribution is -0.385. The molecule has 0 radical (unpaired) electrons. The maximum Gasteiger partial charge on any atom is 0.311 e. The zero-order valence-corrected chi connectivity index (χ0v) is 11.3. The molecule has 20 heavy (non-hydrogen) atoms. The minimum absolute atomic E-state index is 0.0499. The molecule has 5 heteroatoms. The standard InChI is InChI=1S/C15H15NO4/c1-10-3-5-13(16(18)19)15(7-10)20-14-6-4-12(9-17)8-11(14)2/h3-8,17H,9H2,1-2H3. The Kier molecular flexibility index (Phi) is 4.00. The van der Waals surface area contributed by atoms with Crippen molar-refractivity contribution in [1.82, 2.24) is 0 Å². The van der Waals surface area contributed by atoms with Gasteiger partial charge in [-0.15, -0.1) is 0 Å². The largest absolute Gasteiger partial charge is 0.450 e. The summed E-state index contributed by atoms with van der Waals surface area (Å²) in [7, 11) is 0. The molecule has 0 unspecified atom stereocenters. The van der Waals surface area contributed by atoms with Gasteiger partial charge < -0.3 is 9.84 Å². The summed E-state index contributed by atoms with van der Waals surface area (Å²) >= 11 is 0. The fourth-order valence-corrected chi connectivity index (χ4v) is 1.90. The minimum atomic E-state index is -0.466. The highest BCUT2D eigenvalue weighted by molar-refractivity contribution is 5.51. The van der Waals surface area contributed by atoms with Crippen LogP contribution in [0.5, 0.6) is 11.5 Å². The van der Waals surface area contributed by atoms with E-state index >= 15 is 0 Å². The average molecular weight is 273 g/mol. The van der Waals surface area contributed by atoms with E-state index in [1.807, 2.05) is 13.8 Å². The van der Waals surface area contributed by atoms with Crippen molar-refractivity contribution >= 4 is 5.69 Å². The van der Waals surface area contributed by atoms with Gasteiger partial charge in [-0.3, -0.25) is 10.1 Å². The van der Waals surface area contributed by atoms with E-state index in [0.717, 1.165) is 16.7 Å². The van der Waals surface area contributed by atoms with Gasteiger partial charge in [-0.1, -0.05) is 18.2 Å². The monoisotopic (exact) mass is 273 g/mol. The third-order valence-corrected chi connectivity index (χ3v) is 2.95. The smallest absolute Gasteiger partial charge is 0.311 e. The second-order valence-corrected chi connectivity index (χ2v) is 4.59. The highest BCUT2D eigenvalue weighted by atomic mass is 16.6. The summed E-state index contributed by atoms with van der Waals surface area (Å²) in [5, 5.41) is 20.1. The lowest BCUT2D eigenvalue weighted by Gasteiger charge is -2.10. The number of ether oxygens (including phenoxy) is 1. The Bertz CT molecular complexity index is 652. The highest BCUT2D eigenvalue weighted by Crippen LogP contribution is 2.33. The van der Waals surface area contributed by atoms with E-state index in [0.29, 0.717) is 5.75 Å². The quantitative estimate of drug-likeness (QED) is 0.683. The third kappa shape index (κ3) is 2.95. The van der Waals surface area contributed by atoms with Crippen LogP contribution in [0.1, 0.15) is 16.7 Å². The van der Waals surface area contributed by atoms with E-state index in [2.05, 4.69) is 0 Å². The van der Waals surface area contributed by atoms with E-state index in [1.165, 1.54) is 6.07 Å². The third-order valence-electron chi connectivity index (χ3n) is 2.95. The lowest BCUT2D eigenvalue weighted by atomic mass is 10.1. The van der Waals surface area contributed by atoms with Crippen molar-refractivity contribution in [2.75, 3.05) is 0 Å². The van der Waals surface area contributed by atoms with Crippen LogP contribution in [-0.4, -0.2) is 10.0 Å². The molecule has 0 spiro atoms.